The van der Waals surface area contributed by atoms with Crippen LogP contribution in [0.2, 0.25) is 0 Å². The van der Waals surface area contributed by atoms with Gasteiger partial charge in [0.1, 0.15) is 5.82 Å². The molecule has 0 spiro atoms. The summed E-state index contributed by atoms with van der Waals surface area (Å²) in [6, 6.07) is 5.54. The van der Waals surface area contributed by atoms with Crippen molar-refractivity contribution in [3.8, 4) is 0 Å². The molecule has 2 aliphatic heterocycles. The molecule has 1 aromatic carbocycles. The number of hydrogen-bond acceptors (Lipinski definition) is 3. The third-order valence-corrected chi connectivity index (χ3v) is 4.59. The molecule has 0 aromatic heterocycles. The number of carbonyl (C=O) groups excluding carboxylic acids is 2. The van der Waals surface area contributed by atoms with Crippen LogP contribution in [0.25, 0.3) is 0 Å². The highest BCUT2D eigenvalue weighted by molar-refractivity contribution is 5.90. The summed E-state index contributed by atoms with van der Waals surface area (Å²) in [5.74, 6) is -1.02. The lowest BCUT2D eigenvalue weighted by atomic mass is 9.92. The number of rotatable bonds is 2. The van der Waals surface area contributed by atoms with Gasteiger partial charge in [0.15, 0.2) is 0 Å². The average molecular weight is 306 g/mol. The van der Waals surface area contributed by atoms with E-state index in [1.54, 1.807) is 29.0 Å². The second kappa shape index (κ2) is 5.68. The molecule has 1 N–H and O–H groups in total. The maximum Gasteiger partial charge on any atom is 0.228 e. The van der Waals surface area contributed by atoms with Gasteiger partial charge in [0, 0.05) is 26.6 Å². The van der Waals surface area contributed by atoms with Crippen LogP contribution in [0.15, 0.2) is 24.3 Å². The zero-order chi connectivity index (χ0) is 15.9. The van der Waals surface area contributed by atoms with E-state index in [9.17, 15) is 19.1 Å². The van der Waals surface area contributed by atoms with Crippen LogP contribution in [0, 0.1) is 11.7 Å². The van der Waals surface area contributed by atoms with E-state index >= 15 is 0 Å². The van der Waals surface area contributed by atoms with Gasteiger partial charge >= 0.3 is 0 Å². The lowest BCUT2D eigenvalue weighted by Gasteiger charge is -2.27. The van der Waals surface area contributed by atoms with E-state index in [-0.39, 0.29) is 30.1 Å². The van der Waals surface area contributed by atoms with Crippen LogP contribution in [0.5, 0.6) is 0 Å². The van der Waals surface area contributed by atoms with Crippen molar-refractivity contribution in [1.82, 2.24) is 9.80 Å². The van der Waals surface area contributed by atoms with Crippen LogP contribution in [0.4, 0.5) is 4.39 Å². The summed E-state index contributed by atoms with van der Waals surface area (Å²) in [6.07, 6.45) is 0.246. The van der Waals surface area contributed by atoms with Crippen molar-refractivity contribution >= 4 is 11.8 Å². The molecule has 1 aromatic rings. The zero-order valence-electron chi connectivity index (χ0n) is 12.4. The fourth-order valence-electron chi connectivity index (χ4n) is 3.38. The number of aliphatic hydroxyl groups excluding tert-OH is 1. The molecule has 2 fully saturated rings. The van der Waals surface area contributed by atoms with Crippen molar-refractivity contribution in [3.63, 3.8) is 0 Å². The van der Waals surface area contributed by atoms with E-state index < -0.39 is 12.0 Å². The molecule has 2 unspecified atom stereocenters. The summed E-state index contributed by atoms with van der Waals surface area (Å²) in [5, 5.41) is 9.60. The van der Waals surface area contributed by atoms with Crippen molar-refractivity contribution in [2.45, 2.75) is 25.0 Å². The van der Waals surface area contributed by atoms with Gasteiger partial charge in [0.05, 0.1) is 18.1 Å². The Balaban J connectivity index is 1.86. The Morgan fingerprint density at radius 1 is 1.32 bits per heavy atom. The van der Waals surface area contributed by atoms with Crippen LogP contribution in [0.1, 0.15) is 24.4 Å². The van der Waals surface area contributed by atoms with Gasteiger partial charge in [0.25, 0.3) is 0 Å². The monoisotopic (exact) mass is 306 g/mol. The molecule has 5 nitrogen and oxygen atoms in total. The highest BCUT2D eigenvalue weighted by atomic mass is 19.1. The molecule has 3 atom stereocenters. The van der Waals surface area contributed by atoms with Crippen LogP contribution in [-0.2, 0) is 9.59 Å². The Morgan fingerprint density at radius 2 is 2.00 bits per heavy atom. The van der Waals surface area contributed by atoms with E-state index in [1.165, 1.54) is 12.1 Å². The lowest BCUT2D eigenvalue weighted by molar-refractivity contribution is -0.135. The van der Waals surface area contributed by atoms with E-state index in [0.717, 1.165) is 5.56 Å². The van der Waals surface area contributed by atoms with Gasteiger partial charge in [-0.1, -0.05) is 12.1 Å². The Morgan fingerprint density at radius 3 is 2.59 bits per heavy atom. The Bertz CT molecular complexity index is 590. The van der Waals surface area contributed by atoms with Crippen molar-refractivity contribution in [2.75, 3.05) is 20.1 Å². The minimum Gasteiger partial charge on any atom is -0.391 e. The molecule has 6 heteroatoms. The summed E-state index contributed by atoms with van der Waals surface area (Å²) < 4.78 is 13.1. The van der Waals surface area contributed by atoms with Crippen LogP contribution in [0.3, 0.4) is 0 Å². The van der Waals surface area contributed by atoms with Crippen molar-refractivity contribution in [2.24, 2.45) is 5.92 Å². The largest absolute Gasteiger partial charge is 0.391 e. The molecular weight excluding hydrogens is 287 g/mol. The number of carbonyl (C=O) groups is 2. The smallest absolute Gasteiger partial charge is 0.228 e. The quantitative estimate of drug-likeness (QED) is 0.884. The number of amides is 2. The highest BCUT2D eigenvalue weighted by Gasteiger charge is 2.45. The molecule has 2 saturated heterocycles. The SMILES string of the molecule is CN1C(=O)CC(C(=O)N2CC[C@H](O)C2)C1c1ccc(F)cc1. The standard InChI is InChI=1S/C16H19FN2O3/c1-18-14(21)8-13(16(22)19-7-6-12(20)9-19)15(18)10-2-4-11(17)5-3-10/h2-5,12-13,15,20H,6-9H2,1H3/t12-,13?,15?/m0/s1. The van der Waals surface area contributed by atoms with Crippen molar-refractivity contribution < 1.29 is 19.1 Å². The Hall–Kier alpha value is -1.95. The minimum atomic E-state index is -0.483. The number of aliphatic hydroxyl groups is 1. The number of halogens is 1. The molecule has 118 valence electrons. The van der Waals surface area contributed by atoms with Gasteiger partial charge in [-0.25, -0.2) is 4.39 Å². The first kappa shape index (κ1) is 15.0. The topological polar surface area (TPSA) is 60.9 Å². The van der Waals surface area contributed by atoms with Gasteiger partial charge in [-0.3, -0.25) is 9.59 Å². The third kappa shape index (κ3) is 2.59. The van der Waals surface area contributed by atoms with Gasteiger partial charge < -0.3 is 14.9 Å². The van der Waals surface area contributed by atoms with E-state index in [0.29, 0.717) is 19.5 Å². The fraction of sp³-hybridized carbons (Fsp3) is 0.500. The fourth-order valence-corrected chi connectivity index (χ4v) is 3.38. The first-order chi connectivity index (χ1) is 10.5. The van der Waals surface area contributed by atoms with Gasteiger partial charge in [-0.15, -0.1) is 0 Å². The highest BCUT2D eigenvalue weighted by Crippen LogP contribution is 2.38. The Kier molecular flexibility index (Phi) is 3.87. The molecule has 0 radical (unpaired) electrons. The first-order valence-electron chi connectivity index (χ1n) is 7.45. The normalized spacial score (nSPS) is 28.5. The van der Waals surface area contributed by atoms with E-state index in [1.807, 2.05) is 0 Å². The van der Waals surface area contributed by atoms with Crippen molar-refractivity contribution in [3.05, 3.63) is 35.6 Å². The second-order valence-corrected chi connectivity index (χ2v) is 6.04. The number of hydrogen-bond donors (Lipinski definition) is 1. The van der Waals surface area contributed by atoms with Crippen molar-refractivity contribution in [1.29, 1.82) is 0 Å². The number of β-amino-alcohol motifs (C(OH)–C–C–N with tert-alkyl or cyclic N) is 1. The predicted octanol–water partition coefficient (Wildman–Crippen LogP) is 0.938. The predicted molar refractivity (Wildman–Crippen MR) is 77.2 cm³/mol. The summed E-state index contributed by atoms with van der Waals surface area (Å²) in [4.78, 5) is 27.9. The van der Waals surface area contributed by atoms with Crippen LogP contribution >= 0.6 is 0 Å². The van der Waals surface area contributed by atoms with E-state index in [4.69, 9.17) is 0 Å². The molecule has 2 aliphatic rings. The maximum atomic E-state index is 13.1. The summed E-state index contributed by atoms with van der Waals surface area (Å²) in [5.41, 5.74) is 0.757. The third-order valence-electron chi connectivity index (χ3n) is 4.59. The van der Waals surface area contributed by atoms with Crippen LogP contribution in [-0.4, -0.2) is 53.0 Å². The van der Waals surface area contributed by atoms with Crippen LogP contribution < -0.4 is 0 Å². The Labute approximate surface area is 128 Å². The molecule has 0 bridgehead atoms. The number of nitrogens with zero attached hydrogens (tertiary/aromatic N) is 2. The molecule has 2 heterocycles. The number of likely N-dealkylation sites (tertiary alicyclic amines) is 2. The van der Waals surface area contributed by atoms with Gasteiger partial charge in [0.2, 0.25) is 11.8 Å². The molecule has 3 rings (SSSR count). The van der Waals surface area contributed by atoms with Gasteiger partial charge in [-0.2, -0.15) is 0 Å². The van der Waals surface area contributed by atoms with E-state index in [2.05, 4.69) is 0 Å². The van der Waals surface area contributed by atoms with Gasteiger partial charge in [-0.05, 0) is 24.1 Å². The number of benzene rings is 1. The molecular formula is C16H19FN2O3. The zero-order valence-corrected chi connectivity index (χ0v) is 12.4. The lowest BCUT2D eigenvalue weighted by Crippen LogP contribution is -2.37. The summed E-state index contributed by atoms with van der Waals surface area (Å²) in [7, 11) is 1.67. The molecule has 22 heavy (non-hydrogen) atoms. The first-order valence-corrected chi connectivity index (χ1v) is 7.45. The summed E-state index contributed by atoms with van der Waals surface area (Å²) >= 11 is 0. The molecule has 2 amide bonds. The molecule has 0 aliphatic carbocycles. The summed E-state index contributed by atoms with van der Waals surface area (Å²) in [6.45, 7) is 0.841. The minimum absolute atomic E-state index is 0.0904. The maximum absolute atomic E-state index is 13.1. The second-order valence-electron chi connectivity index (χ2n) is 6.04. The average Bonchev–Trinajstić information content (AvgIpc) is 3.05. The molecule has 0 saturated carbocycles.